The molecule has 0 aliphatic rings. The van der Waals surface area contributed by atoms with Gasteiger partial charge in [0.25, 0.3) is 0 Å². The van der Waals surface area contributed by atoms with E-state index in [1.807, 2.05) is 18.2 Å². The second-order valence-electron chi connectivity index (χ2n) is 5.64. The number of anilines is 2. The van der Waals surface area contributed by atoms with Crippen molar-refractivity contribution in [2.75, 3.05) is 11.5 Å². The Bertz CT molecular complexity index is 571. The monoisotopic (exact) mass is 256 g/mol. The lowest BCUT2D eigenvalue weighted by Gasteiger charge is -2.21. The maximum Gasteiger partial charge on any atom is 0.0784 e. The van der Waals surface area contributed by atoms with E-state index in [-0.39, 0.29) is 0 Å². The molecule has 2 aromatic carbocycles. The Balaban J connectivity index is 2.61. The van der Waals surface area contributed by atoms with Gasteiger partial charge in [-0.1, -0.05) is 55.2 Å². The largest absolute Gasteiger partial charge is 0.397 e. The second-order valence-corrected chi connectivity index (χ2v) is 10.7. The third-order valence-corrected chi connectivity index (χ3v) is 5.18. The van der Waals surface area contributed by atoms with Crippen molar-refractivity contribution in [2.24, 2.45) is 0 Å². The maximum absolute atomic E-state index is 5.90. The lowest BCUT2D eigenvalue weighted by atomic mass is 10.0. The molecule has 4 N–H and O–H groups in total. The topological polar surface area (TPSA) is 52.0 Å². The Labute approximate surface area is 110 Å². The van der Waals surface area contributed by atoms with Gasteiger partial charge in [0.05, 0.1) is 19.4 Å². The van der Waals surface area contributed by atoms with Crippen molar-refractivity contribution >= 4 is 24.6 Å². The molecule has 0 unspecified atom stereocenters. The average Bonchev–Trinajstić information content (AvgIpc) is 2.32. The van der Waals surface area contributed by atoms with E-state index < -0.39 is 8.07 Å². The molecule has 0 aliphatic heterocycles. The van der Waals surface area contributed by atoms with Crippen LogP contribution < -0.4 is 16.7 Å². The number of nitrogen functional groups attached to an aromatic ring is 2. The minimum atomic E-state index is -1.36. The zero-order chi connectivity index (χ0) is 13.3. The number of hydrogen-bond acceptors (Lipinski definition) is 2. The maximum atomic E-state index is 5.90. The van der Waals surface area contributed by atoms with Crippen molar-refractivity contribution in [3.05, 3.63) is 42.5 Å². The van der Waals surface area contributed by atoms with Crippen LogP contribution in [0.25, 0.3) is 11.1 Å². The summed E-state index contributed by atoms with van der Waals surface area (Å²) in [4.78, 5) is 0. The van der Waals surface area contributed by atoms with Crippen LogP contribution >= 0.6 is 0 Å². The van der Waals surface area contributed by atoms with Gasteiger partial charge in [-0.25, -0.2) is 0 Å². The Morgan fingerprint density at radius 1 is 0.833 bits per heavy atom. The van der Waals surface area contributed by atoms with Crippen molar-refractivity contribution in [1.82, 2.24) is 0 Å². The molecule has 0 heterocycles. The minimum absolute atomic E-state index is 0.643. The highest BCUT2D eigenvalue weighted by Gasteiger charge is 2.20. The van der Waals surface area contributed by atoms with Crippen LogP contribution in [0.1, 0.15) is 0 Å². The van der Waals surface area contributed by atoms with Gasteiger partial charge in [-0.05, 0) is 23.3 Å². The summed E-state index contributed by atoms with van der Waals surface area (Å²) < 4.78 is 0. The molecule has 3 heteroatoms. The molecule has 94 valence electrons. The van der Waals surface area contributed by atoms with Crippen LogP contribution in [0.15, 0.2) is 42.5 Å². The van der Waals surface area contributed by atoms with Crippen molar-refractivity contribution in [3.63, 3.8) is 0 Å². The van der Waals surface area contributed by atoms with Gasteiger partial charge < -0.3 is 11.5 Å². The fourth-order valence-electron chi connectivity index (χ4n) is 2.13. The van der Waals surface area contributed by atoms with E-state index >= 15 is 0 Å². The summed E-state index contributed by atoms with van der Waals surface area (Å²) in [6.07, 6.45) is 0. The Morgan fingerprint density at radius 2 is 1.50 bits per heavy atom. The smallest absolute Gasteiger partial charge is 0.0784 e. The van der Waals surface area contributed by atoms with Crippen LogP contribution in [0.5, 0.6) is 0 Å². The first-order valence-electron chi connectivity index (χ1n) is 6.14. The summed E-state index contributed by atoms with van der Waals surface area (Å²) in [6.45, 7) is 7.06. The van der Waals surface area contributed by atoms with E-state index in [4.69, 9.17) is 11.5 Å². The minimum Gasteiger partial charge on any atom is -0.397 e. The average molecular weight is 256 g/mol. The molecule has 0 fully saturated rings. The molecule has 0 amide bonds. The fraction of sp³-hybridized carbons (Fsp3) is 0.200. The predicted octanol–water partition coefficient (Wildman–Crippen LogP) is 3.06. The molecule has 18 heavy (non-hydrogen) atoms. The number of rotatable bonds is 2. The standard InChI is InChI=1S/C15H20N2Si/c1-18(2,3)15-7-5-4-6-12(15)11-8-9-13(16)14(17)10-11/h4-10H,16-17H2,1-3H3. The normalized spacial score (nSPS) is 11.5. The van der Waals surface area contributed by atoms with Crippen LogP contribution in [0.4, 0.5) is 11.4 Å². The zero-order valence-electron chi connectivity index (χ0n) is 11.2. The highest BCUT2D eigenvalue weighted by atomic mass is 28.3. The van der Waals surface area contributed by atoms with E-state index in [0.717, 1.165) is 5.56 Å². The van der Waals surface area contributed by atoms with E-state index in [1.54, 1.807) is 0 Å². The molecule has 2 rings (SSSR count). The number of nitrogens with two attached hydrogens (primary N) is 2. The zero-order valence-corrected chi connectivity index (χ0v) is 12.2. The van der Waals surface area contributed by atoms with Gasteiger partial charge in [-0.15, -0.1) is 0 Å². The first-order chi connectivity index (χ1) is 8.39. The fourth-order valence-corrected chi connectivity index (χ4v) is 3.76. The quantitative estimate of drug-likeness (QED) is 0.641. The highest BCUT2D eigenvalue weighted by molar-refractivity contribution is 6.89. The van der Waals surface area contributed by atoms with Gasteiger partial charge in [0.1, 0.15) is 0 Å². The molecule has 0 bridgehead atoms. The summed E-state index contributed by atoms with van der Waals surface area (Å²) in [7, 11) is -1.36. The first-order valence-corrected chi connectivity index (χ1v) is 9.64. The van der Waals surface area contributed by atoms with Gasteiger partial charge in [-0.2, -0.15) is 0 Å². The summed E-state index contributed by atoms with van der Waals surface area (Å²) in [6, 6.07) is 14.5. The van der Waals surface area contributed by atoms with Crippen molar-refractivity contribution in [2.45, 2.75) is 19.6 Å². The van der Waals surface area contributed by atoms with Crippen LogP contribution in [-0.4, -0.2) is 8.07 Å². The molecule has 0 spiro atoms. The third-order valence-electron chi connectivity index (χ3n) is 3.13. The molecule has 0 saturated heterocycles. The van der Waals surface area contributed by atoms with Gasteiger partial charge in [0.2, 0.25) is 0 Å². The van der Waals surface area contributed by atoms with Crippen LogP contribution in [-0.2, 0) is 0 Å². The first kappa shape index (κ1) is 12.7. The van der Waals surface area contributed by atoms with Crippen molar-refractivity contribution in [3.8, 4) is 11.1 Å². The van der Waals surface area contributed by atoms with Gasteiger partial charge in [0.15, 0.2) is 0 Å². The molecule has 0 atom stereocenters. The van der Waals surface area contributed by atoms with Crippen molar-refractivity contribution in [1.29, 1.82) is 0 Å². The van der Waals surface area contributed by atoms with E-state index in [2.05, 4.69) is 43.9 Å². The van der Waals surface area contributed by atoms with Crippen LogP contribution in [0.2, 0.25) is 19.6 Å². The number of hydrogen-bond donors (Lipinski definition) is 2. The lowest BCUT2D eigenvalue weighted by Crippen LogP contribution is -2.38. The van der Waals surface area contributed by atoms with Crippen molar-refractivity contribution < 1.29 is 0 Å². The summed E-state index contributed by atoms with van der Waals surface area (Å²) in [5, 5.41) is 1.45. The van der Waals surface area contributed by atoms with Gasteiger partial charge in [0, 0.05) is 0 Å². The summed E-state index contributed by atoms with van der Waals surface area (Å²) in [5.41, 5.74) is 15.4. The molecular formula is C15H20N2Si. The third kappa shape index (κ3) is 2.41. The number of benzene rings is 2. The highest BCUT2D eigenvalue weighted by Crippen LogP contribution is 2.25. The van der Waals surface area contributed by atoms with Gasteiger partial charge >= 0.3 is 0 Å². The van der Waals surface area contributed by atoms with E-state index in [0.29, 0.717) is 11.4 Å². The lowest BCUT2D eigenvalue weighted by molar-refractivity contribution is 1.60. The molecule has 0 saturated carbocycles. The molecule has 2 nitrogen and oxygen atoms in total. The van der Waals surface area contributed by atoms with Crippen LogP contribution in [0.3, 0.4) is 0 Å². The van der Waals surface area contributed by atoms with E-state index in [9.17, 15) is 0 Å². The van der Waals surface area contributed by atoms with Crippen LogP contribution in [0, 0.1) is 0 Å². The Kier molecular flexibility index (Phi) is 3.18. The molecule has 0 aromatic heterocycles. The Hall–Kier alpha value is -1.74. The summed E-state index contributed by atoms with van der Waals surface area (Å²) in [5.74, 6) is 0. The second kappa shape index (κ2) is 4.50. The predicted molar refractivity (Wildman–Crippen MR) is 83.7 cm³/mol. The molecule has 0 radical (unpaired) electrons. The molecule has 0 aliphatic carbocycles. The van der Waals surface area contributed by atoms with Gasteiger partial charge in [-0.3, -0.25) is 0 Å². The summed E-state index contributed by atoms with van der Waals surface area (Å²) >= 11 is 0. The van der Waals surface area contributed by atoms with E-state index in [1.165, 1.54) is 10.8 Å². The molecular weight excluding hydrogens is 236 g/mol. The SMILES string of the molecule is C[Si](C)(C)c1ccccc1-c1ccc(N)c(N)c1. The Morgan fingerprint density at radius 3 is 2.11 bits per heavy atom. The molecule has 2 aromatic rings.